The summed E-state index contributed by atoms with van der Waals surface area (Å²) in [5.41, 5.74) is 1.22. The molecule has 1 atom stereocenters. The van der Waals surface area contributed by atoms with E-state index < -0.39 is 5.54 Å². The Morgan fingerprint density at radius 1 is 1.26 bits per heavy atom. The number of nitrogens with zero attached hydrogens (tertiary/aromatic N) is 2. The van der Waals surface area contributed by atoms with Gasteiger partial charge < -0.3 is 10.1 Å². The monoisotopic (exact) mass is 385 g/mol. The van der Waals surface area contributed by atoms with Gasteiger partial charge in [-0.2, -0.15) is 5.26 Å². The summed E-state index contributed by atoms with van der Waals surface area (Å²) in [6.07, 6.45) is 0. The average Bonchev–Trinajstić information content (AvgIpc) is 3.10. The molecule has 27 heavy (non-hydrogen) atoms. The SMILES string of the molecule is CC(C)[C@](C)(C#N)NC(=O)COc1ccc(-c2nc(C(C)(C)C)cs2)cc1. The van der Waals surface area contributed by atoms with E-state index in [4.69, 9.17) is 9.72 Å². The van der Waals surface area contributed by atoms with Crippen molar-refractivity contribution in [2.45, 2.75) is 52.5 Å². The largest absolute Gasteiger partial charge is 0.484 e. The Kier molecular flexibility index (Phi) is 6.27. The molecule has 0 unspecified atom stereocenters. The van der Waals surface area contributed by atoms with Crippen LogP contribution in [-0.2, 0) is 10.2 Å². The molecule has 1 N–H and O–H groups in total. The van der Waals surface area contributed by atoms with Crippen LogP contribution in [-0.4, -0.2) is 23.0 Å². The van der Waals surface area contributed by atoms with Crippen molar-refractivity contribution in [1.29, 1.82) is 5.26 Å². The van der Waals surface area contributed by atoms with E-state index in [0.717, 1.165) is 16.3 Å². The molecule has 0 aliphatic rings. The van der Waals surface area contributed by atoms with E-state index >= 15 is 0 Å². The van der Waals surface area contributed by atoms with E-state index in [-0.39, 0.29) is 23.8 Å². The fourth-order valence-corrected chi connectivity index (χ4v) is 3.27. The first-order valence-electron chi connectivity index (χ1n) is 8.96. The second-order valence-corrected chi connectivity index (χ2v) is 8.98. The first-order chi connectivity index (χ1) is 12.5. The van der Waals surface area contributed by atoms with Gasteiger partial charge in [0.25, 0.3) is 5.91 Å². The molecule has 144 valence electrons. The second kappa shape index (κ2) is 8.10. The number of amides is 1. The molecule has 2 rings (SSSR count). The lowest BCUT2D eigenvalue weighted by molar-refractivity contribution is -0.124. The molecule has 0 saturated carbocycles. The average molecular weight is 386 g/mol. The van der Waals surface area contributed by atoms with Gasteiger partial charge in [-0.15, -0.1) is 11.3 Å². The number of rotatable bonds is 6. The fourth-order valence-electron chi connectivity index (χ4n) is 2.22. The van der Waals surface area contributed by atoms with Gasteiger partial charge in [0.15, 0.2) is 6.61 Å². The molecule has 0 fully saturated rings. The summed E-state index contributed by atoms with van der Waals surface area (Å²) in [7, 11) is 0. The zero-order chi connectivity index (χ0) is 20.2. The van der Waals surface area contributed by atoms with Crippen LogP contribution in [0, 0.1) is 17.2 Å². The highest BCUT2D eigenvalue weighted by Crippen LogP contribution is 2.30. The molecule has 0 aliphatic heterocycles. The molecule has 1 aromatic heterocycles. The van der Waals surface area contributed by atoms with Crippen molar-refractivity contribution in [2.24, 2.45) is 5.92 Å². The number of carbonyl (C=O) groups excluding carboxylic acids is 1. The van der Waals surface area contributed by atoms with Crippen LogP contribution in [0.2, 0.25) is 0 Å². The van der Waals surface area contributed by atoms with Crippen LogP contribution in [0.1, 0.15) is 47.2 Å². The van der Waals surface area contributed by atoms with Crippen molar-refractivity contribution in [1.82, 2.24) is 10.3 Å². The Morgan fingerprint density at radius 3 is 2.37 bits per heavy atom. The summed E-state index contributed by atoms with van der Waals surface area (Å²) in [5, 5.41) is 15.1. The van der Waals surface area contributed by atoms with Crippen LogP contribution in [0.25, 0.3) is 10.6 Å². The molecule has 0 saturated heterocycles. The van der Waals surface area contributed by atoms with Crippen molar-refractivity contribution in [3.8, 4) is 22.4 Å². The second-order valence-electron chi connectivity index (χ2n) is 8.12. The summed E-state index contributed by atoms with van der Waals surface area (Å²) in [5.74, 6) is 0.290. The Balaban J connectivity index is 1.97. The maximum atomic E-state index is 12.1. The van der Waals surface area contributed by atoms with Crippen molar-refractivity contribution in [3.63, 3.8) is 0 Å². The van der Waals surface area contributed by atoms with Gasteiger partial charge >= 0.3 is 0 Å². The Bertz CT molecular complexity index is 828. The molecule has 2 aromatic rings. The zero-order valence-corrected chi connectivity index (χ0v) is 17.6. The Labute approximate surface area is 165 Å². The molecule has 1 aromatic carbocycles. The lowest BCUT2D eigenvalue weighted by atomic mass is 9.90. The normalized spacial score (nSPS) is 13.7. The number of aromatic nitrogens is 1. The molecular weight excluding hydrogens is 358 g/mol. The van der Waals surface area contributed by atoms with Gasteiger partial charge in [-0.1, -0.05) is 34.6 Å². The number of hydrogen-bond donors (Lipinski definition) is 1. The smallest absolute Gasteiger partial charge is 0.259 e. The van der Waals surface area contributed by atoms with E-state index in [1.54, 1.807) is 18.3 Å². The predicted molar refractivity (Wildman–Crippen MR) is 109 cm³/mol. The first-order valence-corrected chi connectivity index (χ1v) is 9.84. The van der Waals surface area contributed by atoms with E-state index in [1.165, 1.54) is 0 Å². The Morgan fingerprint density at radius 2 is 1.89 bits per heavy atom. The molecule has 5 nitrogen and oxygen atoms in total. The van der Waals surface area contributed by atoms with Crippen LogP contribution < -0.4 is 10.1 Å². The minimum absolute atomic E-state index is 0.00187. The van der Waals surface area contributed by atoms with Gasteiger partial charge in [-0.05, 0) is 37.1 Å². The summed E-state index contributed by atoms with van der Waals surface area (Å²) in [4.78, 5) is 16.8. The van der Waals surface area contributed by atoms with Gasteiger partial charge in [0.2, 0.25) is 0 Å². The van der Waals surface area contributed by atoms with Gasteiger partial charge in [0.1, 0.15) is 16.3 Å². The maximum Gasteiger partial charge on any atom is 0.259 e. The van der Waals surface area contributed by atoms with E-state index in [1.807, 2.05) is 38.1 Å². The molecular formula is C21H27N3O2S. The zero-order valence-electron chi connectivity index (χ0n) is 16.8. The lowest BCUT2D eigenvalue weighted by Crippen LogP contribution is -2.50. The quantitative estimate of drug-likeness (QED) is 0.792. The molecule has 0 spiro atoms. The van der Waals surface area contributed by atoms with Gasteiger partial charge in [-0.25, -0.2) is 4.98 Å². The maximum absolute atomic E-state index is 12.1. The fraction of sp³-hybridized carbons (Fsp3) is 0.476. The molecule has 0 aliphatic carbocycles. The topological polar surface area (TPSA) is 75.0 Å². The summed E-state index contributed by atoms with van der Waals surface area (Å²) in [6, 6.07) is 9.68. The third kappa shape index (κ3) is 5.30. The third-order valence-electron chi connectivity index (χ3n) is 4.53. The number of ether oxygens (including phenoxy) is 1. The number of carbonyl (C=O) groups is 1. The number of benzene rings is 1. The summed E-state index contributed by atoms with van der Waals surface area (Å²) >= 11 is 1.62. The minimum atomic E-state index is -0.903. The van der Waals surface area contributed by atoms with E-state index in [0.29, 0.717) is 5.75 Å². The van der Waals surface area contributed by atoms with E-state index in [9.17, 15) is 10.1 Å². The highest BCUT2D eigenvalue weighted by atomic mass is 32.1. The van der Waals surface area contributed by atoms with Crippen molar-refractivity contribution >= 4 is 17.2 Å². The van der Waals surface area contributed by atoms with E-state index in [2.05, 4.69) is 37.5 Å². The number of nitrogens with one attached hydrogen (secondary N) is 1. The van der Waals surface area contributed by atoms with Crippen LogP contribution in [0.15, 0.2) is 29.6 Å². The molecule has 1 amide bonds. The van der Waals surface area contributed by atoms with Gasteiger partial charge in [0.05, 0.1) is 11.8 Å². The molecule has 6 heteroatoms. The third-order valence-corrected chi connectivity index (χ3v) is 5.42. The van der Waals surface area contributed by atoms with Crippen molar-refractivity contribution in [2.75, 3.05) is 6.61 Å². The Hall–Kier alpha value is -2.39. The molecule has 1 heterocycles. The first kappa shape index (κ1) is 20.9. The van der Waals surface area contributed by atoms with Crippen LogP contribution >= 0.6 is 11.3 Å². The molecule has 0 bridgehead atoms. The van der Waals surface area contributed by atoms with Crippen molar-refractivity contribution in [3.05, 3.63) is 35.3 Å². The van der Waals surface area contributed by atoms with Crippen molar-refractivity contribution < 1.29 is 9.53 Å². The van der Waals surface area contributed by atoms with Gasteiger partial charge in [-0.3, -0.25) is 4.79 Å². The summed E-state index contributed by atoms with van der Waals surface area (Å²) < 4.78 is 5.55. The lowest BCUT2D eigenvalue weighted by Gasteiger charge is -2.27. The standard InChI is InChI=1S/C21H27N3O2S/c1-14(2)21(6,13-22)24-18(25)11-26-16-9-7-15(8-10-16)19-23-17(12-27-19)20(3,4)5/h7-10,12,14H,11H2,1-6H3,(H,24,25)/t21-/m0/s1. The van der Waals surface area contributed by atoms with Crippen LogP contribution in [0.3, 0.4) is 0 Å². The number of thiazole rings is 1. The van der Waals surface area contributed by atoms with Gasteiger partial charge in [0, 0.05) is 16.4 Å². The highest BCUT2D eigenvalue weighted by Gasteiger charge is 2.30. The number of nitriles is 1. The molecule has 0 radical (unpaired) electrons. The predicted octanol–water partition coefficient (Wildman–Crippen LogP) is 4.54. The highest BCUT2D eigenvalue weighted by molar-refractivity contribution is 7.13. The summed E-state index contributed by atoms with van der Waals surface area (Å²) in [6.45, 7) is 11.8. The van der Waals surface area contributed by atoms with Crippen LogP contribution in [0.5, 0.6) is 5.75 Å². The number of hydrogen-bond acceptors (Lipinski definition) is 5. The minimum Gasteiger partial charge on any atom is -0.484 e. The van der Waals surface area contributed by atoms with Crippen LogP contribution in [0.4, 0.5) is 0 Å².